The number of hydrogen-bond donors (Lipinski definition) is 0. The Hall–Kier alpha value is -0.880. The molecule has 0 aliphatic heterocycles. The Morgan fingerprint density at radius 2 is 1.62 bits per heavy atom. The van der Waals surface area contributed by atoms with Gasteiger partial charge < -0.3 is 9.47 Å². The zero-order valence-electron chi connectivity index (χ0n) is 8.54. The van der Waals surface area contributed by atoms with Gasteiger partial charge in [0.2, 0.25) is 0 Å². The third-order valence-corrected chi connectivity index (χ3v) is 3.87. The maximum absolute atomic E-state index is 11.4. The number of hydrogen-bond acceptors (Lipinski definition) is 4. The monoisotopic (exact) mass is 350 g/mol. The van der Waals surface area contributed by atoms with Gasteiger partial charge in [-0.3, -0.25) is 0 Å². The fourth-order valence-electron chi connectivity index (χ4n) is 1.08. The highest BCUT2D eigenvalue weighted by molar-refractivity contribution is 9.13. The minimum absolute atomic E-state index is 0.261. The molecule has 0 fully saturated rings. The van der Waals surface area contributed by atoms with E-state index in [1.165, 1.54) is 20.3 Å². The predicted octanol–water partition coefficient (Wildman–Crippen LogP) is 2.78. The number of halogens is 2. The van der Waals surface area contributed by atoms with E-state index in [0.717, 1.165) is 0 Å². The minimum Gasteiger partial charge on any atom is -0.465 e. The average molecular weight is 352 g/mol. The van der Waals surface area contributed by atoms with Gasteiger partial charge in [0.05, 0.1) is 25.3 Å². The predicted molar refractivity (Wildman–Crippen MR) is 64.5 cm³/mol. The molecule has 0 unspecified atom stereocenters. The largest absolute Gasteiger partial charge is 0.465 e. The van der Waals surface area contributed by atoms with Gasteiger partial charge in [-0.05, 0) is 44.0 Å². The van der Waals surface area contributed by atoms with Crippen LogP contribution in [-0.4, -0.2) is 26.2 Å². The molecule has 86 valence electrons. The van der Waals surface area contributed by atoms with Gasteiger partial charge >= 0.3 is 11.9 Å². The standard InChI is InChI=1S/C10H8Br2O4/c1-15-9(13)5-3-6(10(14)16-2)8(12)7(11)4-5/h3-4H,1-2H3. The van der Waals surface area contributed by atoms with E-state index in [1.54, 1.807) is 6.07 Å². The van der Waals surface area contributed by atoms with Crippen LogP contribution in [0.3, 0.4) is 0 Å². The molecule has 1 rings (SSSR count). The summed E-state index contributed by atoms with van der Waals surface area (Å²) >= 11 is 6.46. The lowest BCUT2D eigenvalue weighted by atomic mass is 10.1. The van der Waals surface area contributed by atoms with Gasteiger partial charge in [0, 0.05) is 8.95 Å². The Kier molecular flexibility index (Phi) is 4.49. The molecular weight excluding hydrogens is 344 g/mol. The Labute approximate surface area is 109 Å². The van der Waals surface area contributed by atoms with E-state index in [4.69, 9.17) is 0 Å². The van der Waals surface area contributed by atoms with E-state index in [0.29, 0.717) is 8.95 Å². The molecule has 6 heteroatoms. The highest BCUT2D eigenvalue weighted by atomic mass is 79.9. The second-order valence-electron chi connectivity index (χ2n) is 2.80. The van der Waals surface area contributed by atoms with Crippen molar-refractivity contribution in [3.63, 3.8) is 0 Å². The van der Waals surface area contributed by atoms with E-state index in [9.17, 15) is 9.59 Å². The molecule has 0 saturated heterocycles. The van der Waals surface area contributed by atoms with E-state index in [2.05, 4.69) is 41.3 Å². The molecule has 0 spiro atoms. The third kappa shape index (κ3) is 2.62. The number of carbonyl (C=O) groups is 2. The summed E-state index contributed by atoms with van der Waals surface area (Å²) in [7, 11) is 2.55. The van der Waals surface area contributed by atoms with Crippen molar-refractivity contribution < 1.29 is 19.1 Å². The summed E-state index contributed by atoms with van der Waals surface area (Å²) in [6, 6.07) is 2.97. The molecule has 4 nitrogen and oxygen atoms in total. The second kappa shape index (κ2) is 5.45. The molecule has 0 aliphatic rings. The summed E-state index contributed by atoms with van der Waals surface area (Å²) in [5.41, 5.74) is 0.537. The maximum atomic E-state index is 11.4. The Morgan fingerprint density at radius 1 is 1.06 bits per heavy atom. The summed E-state index contributed by atoms with van der Waals surface area (Å²) in [6.45, 7) is 0. The van der Waals surface area contributed by atoms with Crippen LogP contribution in [0.4, 0.5) is 0 Å². The van der Waals surface area contributed by atoms with Crippen molar-refractivity contribution in [2.24, 2.45) is 0 Å². The van der Waals surface area contributed by atoms with Crippen LogP contribution >= 0.6 is 31.9 Å². The lowest BCUT2D eigenvalue weighted by Crippen LogP contribution is -2.07. The van der Waals surface area contributed by atoms with Crippen molar-refractivity contribution in [3.05, 3.63) is 32.2 Å². The van der Waals surface area contributed by atoms with Crippen molar-refractivity contribution >= 4 is 43.8 Å². The van der Waals surface area contributed by atoms with Crippen molar-refractivity contribution in [3.8, 4) is 0 Å². The van der Waals surface area contributed by atoms with Crippen LogP contribution in [0.1, 0.15) is 20.7 Å². The number of ether oxygens (including phenoxy) is 2. The Morgan fingerprint density at radius 3 is 2.12 bits per heavy atom. The van der Waals surface area contributed by atoms with E-state index >= 15 is 0 Å². The van der Waals surface area contributed by atoms with Gasteiger partial charge in [0.1, 0.15) is 0 Å². The molecule has 0 bridgehead atoms. The molecule has 1 aromatic carbocycles. The van der Waals surface area contributed by atoms with Gasteiger partial charge in [0.15, 0.2) is 0 Å². The first-order chi connectivity index (χ1) is 7.51. The summed E-state index contributed by atoms with van der Waals surface area (Å²) in [5, 5.41) is 0. The van der Waals surface area contributed by atoms with Crippen molar-refractivity contribution in [2.75, 3.05) is 14.2 Å². The van der Waals surface area contributed by atoms with Gasteiger partial charge in [-0.1, -0.05) is 0 Å². The van der Waals surface area contributed by atoms with Gasteiger partial charge in [-0.25, -0.2) is 9.59 Å². The molecule has 16 heavy (non-hydrogen) atoms. The van der Waals surface area contributed by atoms with Gasteiger partial charge in [-0.15, -0.1) is 0 Å². The van der Waals surface area contributed by atoms with Crippen LogP contribution in [-0.2, 0) is 9.47 Å². The summed E-state index contributed by atoms with van der Waals surface area (Å²) in [6.07, 6.45) is 0. The van der Waals surface area contributed by atoms with E-state index in [1.807, 2.05) is 0 Å². The lowest BCUT2D eigenvalue weighted by molar-refractivity contribution is 0.0598. The number of esters is 2. The van der Waals surface area contributed by atoms with Crippen LogP contribution in [0.5, 0.6) is 0 Å². The van der Waals surface area contributed by atoms with Crippen LogP contribution in [0.25, 0.3) is 0 Å². The SMILES string of the molecule is COC(=O)c1cc(Br)c(Br)c(C(=O)OC)c1. The van der Waals surface area contributed by atoms with Crippen molar-refractivity contribution in [2.45, 2.75) is 0 Å². The number of carbonyl (C=O) groups excluding carboxylic acids is 2. The molecule has 1 aromatic rings. The minimum atomic E-state index is -0.529. The molecule has 0 amide bonds. The first kappa shape index (κ1) is 13.2. The Bertz CT molecular complexity index is 443. The fraction of sp³-hybridized carbons (Fsp3) is 0.200. The van der Waals surface area contributed by atoms with Crippen LogP contribution in [0.15, 0.2) is 21.1 Å². The topological polar surface area (TPSA) is 52.6 Å². The first-order valence-electron chi connectivity index (χ1n) is 4.17. The summed E-state index contributed by atoms with van der Waals surface area (Å²) in [5.74, 6) is -1.04. The number of rotatable bonds is 2. The molecule has 0 radical (unpaired) electrons. The molecule has 0 aliphatic carbocycles. The Balaban J connectivity index is 3.33. The summed E-state index contributed by atoms with van der Waals surface area (Å²) in [4.78, 5) is 22.8. The zero-order valence-corrected chi connectivity index (χ0v) is 11.7. The van der Waals surface area contributed by atoms with Crippen LogP contribution < -0.4 is 0 Å². The van der Waals surface area contributed by atoms with E-state index in [-0.39, 0.29) is 11.1 Å². The van der Waals surface area contributed by atoms with Crippen LogP contribution in [0.2, 0.25) is 0 Å². The average Bonchev–Trinajstić information content (AvgIpc) is 2.30. The van der Waals surface area contributed by atoms with E-state index < -0.39 is 11.9 Å². The van der Waals surface area contributed by atoms with Gasteiger partial charge in [-0.2, -0.15) is 0 Å². The number of benzene rings is 1. The van der Waals surface area contributed by atoms with Crippen LogP contribution in [0, 0.1) is 0 Å². The molecule has 0 N–H and O–H groups in total. The van der Waals surface area contributed by atoms with Crippen molar-refractivity contribution in [1.82, 2.24) is 0 Å². The fourth-order valence-corrected chi connectivity index (χ4v) is 1.93. The molecular formula is C10H8Br2O4. The molecule has 0 aromatic heterocycles. The smallest absolute Gasteiger partial charge is 0.339 e. The normalized spacial score (nSPS) is 9.75. The summed E-state index contributed by atoms with van der Waals surface area (Å²) < 4.78 is 10.3. The zero-order chi connectivity index (χ0) is 12.3. The number of methoxy groups -OCH3 is 2. The molecule has 0 atom stereocenters. The van der Waals surface area contributed by atoms with Crippen molar-refractivity contribution in [1.29, 1.82) is 0 Å². The second-order valence-corrected chi connectivity index (χ2v) is 4.45. The molecule has 0 heterocycles. The quantitative estimate of drug-likeness (QED) is 0.769. The third-order valence-electron chi connectivity index (χ3n) is 1.85. The highest BCUT2D eigenvalue weighted by Crippen LogP contribution is 2.29. The molecule has 0 saturated carbocycles. The highest BCUT2D eigenvalue weighted by Gasteiger charge is 2.17. The first-order valence-corrected chi connectivity index (χ1v) is 5.75. The lowest BCUT2D eigenvalue weighted by Gasteiger charge is -2.07. The maximum Gasteiger partial charge on any atom is 0.339 e. The van der Waals surface area contributed by atoms with Gasteiger partial charge in [0.25, 0.3) is 0 Å².